The number of aromatic nitrogens is 1. The minimum atomic E-state index is -0.247. The molecule has 1 aliphatic rings. The van der Waals surface area contributed by atoms with Gasteiger partial charge >= 0.3 is 0 Å². The highest BCUT2D eigenvalue weighted by Crippen LogP contribution is 2.20. The topological polar surface area (TPSA) is 98.9 Å². The number of rotatable bonds is 4. The highest BCUT2D eigenvalue weighted by molar-refractivity contribution is 6.38. The summed E-state index contributed by atoms with van der Waals surface area (Å²) in [6.45, 7) is 3.99. The molecular formula is C21H22N6O. The van der Waals surface area contributed by atoms with Crippen molar-refractivity contribution in [2.24, 2.45) is 15.9 Å². The Morgan fingerprint density at radius 2 is 1.82 bits per heavy atom. The number of fused-ring (bicyclic) bond motifs is 1. The Balaban J connectivity index is 1.56. The third-order valence-corrected chi connectivity index (χ3v) is 4.84. The van der Waals surface area contributed by atoms with Gasteiger partial charge in [-0.1, -0.05) is 18.2 Å². The van der Waals surface area contributed by atoms with E-state index in [1.165, 1.54) is 11.9 Å². The highest BCUT2D eigenvalue weighted by atomic mass is 16.1. The molecule has 0 radical (unpaired) electrons. The van der Waals surface area contributed by atoms with Crippen molar-refractivity contribution < 1.29 is 0 Å². The molecule has 4 N–H and O–H groups in total. The Kier molecular flexibility index (Phi) is 5.16. The maximum atomic E-state index is 12.4. The summed E-state index contributed by atoms with van der Waals surface area (Å²) in [7, 11) is 0. The molecule has 0 aliphatic carbocycles. The van der Waals surface area contributed by atoms with Crippen LogP contribution in [0.25, 0.3) is 10.9 Å². The fraction of sp³-hybridized carbons (Fsp3) is 0.190. The normalized spacial score (nSPS) is 15.4. The van der Waals surface area contributed by atoms with Gasteiger partial charge in [-0.15, -0.1) is 0 Å². The summed E-state index contributed by atoms with van der Waals surface area (Å²) in [5.41, 5.74) is 3.20. The summed E-state index contributed by atoms with van der Waals surface area (Å²) in [5, 5.41) is 8.02. The number of nitrogens with two attached hydrogens (primary N) is 1. The van der Waals surface area contributed by atoms with Gasteiger partial charge < -0.3 is 21.0 Å². The summed E-state index contributed by atoms with van der Waals surface area (Å²) in [6.07, 6.45) is 1.53. The summed E-state index contributed by atoms with van der Waals surface area (Å²) in [6, 6.07) is 17.4. The molecule has 0 atom stereocenters. The number of aromatic amines is 1. The molecule has 142 valence electrons. The van der Waals surface area contributed by atoms with E-state index < -0.39 is 0 Å². The molecule has 4 rings (SSSR count). The van der Waals surface area contributed by atoms with Crippen LogP contribution in [0, 0.1) is 0 Å². The van der Waals surface area contributed by atoms with Gasteiger partial charge in [0.05, 0.1) is 17.5 Å². The number of para-hydroxylation sites is 1. The van der Waals surface area contributed by atoms with Gasteiger partial charge in [0.25, 0.3) is 5.56 Å². The van der Waals surface area contributed by atoms with Crippen LogP contribution >= 0.6 is 0 Å². The first-order chi connectivity index (χ1) is 13.7. The zero-order chi connectivity index (χ0) is 19.3. The third kappa shape index (κ3) is 3.79. The standard InChI is InChI=1S/C21H22N6O/c22-26-20(18-13-15-3-1-2-4-19(15)25-21(18)28)14-24-16-5-7-17(8-6-16)27-11-9-23-10-12-27/h1-8,13-14,23H,9-12,22H2,(H,25,28). The van der Waals surface area contributed by atoms with E-state index in [1.807, 2.05) is 36.4 Å². The van der Waals surface area contributed by atoms with E-state index in [1.54, 1.807) is 6.07 Å². The zero-order valence-electron chi connectivity index (χ0n) is 15.4. The Hall–Kier alpha value is -3.45. The van der Waals surface area contributed by atoms with Crippen molar-refractivity contribution in [3.63, 3.8) is 0 Å². The van der Waals surface area contributed by atoms with E-state index in [-0.39, 0.29) is 5.56 Å². The lowest BCUT2D eigenvalue weighted by atomic mass is 10.1. The number of anilines is 1. The van der Waals surface area contributed by atoms with E-state index >= 15 is 0 Å². The molecule has 1 saturated heterocycles. The first kappa shape index (κ1) is 17.9. The lowest BCUT2D eigenvalue weighted by Crippen LogP contribution is -2.43. The van der Waals surface area contributed by atoms with E-state index in [0.717, 1.165) is 42.8 Å². The fourth-order valence-electron chi connectivity index (χ4n) is 3.32. The Bertz CT molecular complexity index is 1080. The van der Waals surface area contributed by atoms with Gasteiger partial charge in [-0.2, -0.15) is 5.10 Å². The maximum Gasteiger partial charge on any atom is 0.258 e. The van der Waals surface area contributed by atoms with Crippen LogP contribution < -0.4 is 21.6 Å². The number of hydrogen-bond acceptors (Lipinski definition) is 6. The molecule has 0 unspecified atom stereocenters. The molecule has 1 aromatic heterocycles. The molecule has 0 saturated carbocycles. The molecule has 7 nitrogen and oxygen atoms in total. The van der Waals surface area contributed by atoms with Crippen LogP contribution in [-0.2, 0) is 0 Å². The number of piperazine rings is 1. The predicted molar refractivity (Wildman–Crippen MR) is 115 cm³/mol. The molecule has 0 amide bonds. The lowest BCUT2D eigenvalue weighted by molar-refractivity contribution is 0.589. The van der Waals surface area contributed by atoms with Gasteiger partial charge in [0.15, 0.2) is 0 Å². The monoisotopic (exact) mass is 374 g/mol. The molecule has 3 aromatic rings. The number of pyridine rings is 1. The molecule has 1 fully saturated rings. The van der Waals surface area contributed by atoms with E-state index in [0.29, 0.717) is 11.3 Å². The average molecular weight is 374 g/mol. The predicted octanol–water partition coefficient (Wildman–Crippen LogP) is 2.00. The van der Waals surface area contributed by atoms with E-state index in [2.05, 4.69) is 37.4 Å². The second-order valence-corrected chi connectivity index (χ2v) is 6.63. The van der Waals surface area contributed by atoms with Crippen molar-refractivity contribution in [2.75, 3.05) is 31.1 Å². The number of benzene rings is 2. The van der Waals surface area contributed by atoms with Gasteiger partial charge in [0.2, 0.25) is 0 Å². The molecule has 28 heavy (non-hydrogen) atoms. The van der Waals surface area contributed by atoms with E-state index in [4.69, 9.17) is 5.84 Å². The van der Waals surface area contributed by atoms with Crippen LogP contribution in [0.4, 0.5) is 11.4 Å². The van der Waals surface area contributed by atoms with Gasteiger partial charge in [0.1, 0.15) is 5.71 Å². The number of nitrogens with one attached hydrogen (secondary N) is 2. The van der Waals surface area contributed by atoms with Crippen molar-refractivity contribution in [2.45, 2.75) is 0 Å². The van der Waals surface area contributed by atoms with Gasteiger partial charge in [-0.05, 0) is 41.8 Å². The maximum absolute atomic E-state index is 12.4. The Morgan fingerprint density at radius 3 is 2.57 bits per heavy atom. The number of hydrogen-bond donors (Lipinski definition) is 3. The lowest BCUT2D eigenvalue weighted by Gasteiger charge is -2.29. The second-order valence-electron chi connectivity index (χ2n) is 6.63. The second kappa shape index (κ2) is 8.06. The Morgan fingerprint density at radius 1 is 1.07 bits per heavy atom. The fourth-order valence-corrected chi connectivity index (χ4v) is 3.32. The van der Waals surface area contributed by atoms with Crippen LogP contribution in [0.2, 0.25) is 0 Å². The number of nitrogens with zero attached hydrogens (tertiary/aromatic N) is 3. The molecule has 2 heterocycles. The largest absolute Gasteiger partial charge is 0.369 e. The first-order valence-corrected chi connectivity index (χ1v) is 9.25. The highest BCUT2D eigenvalue weighted by Gasteiger charge is 2.10. The van der Waals surface area contributed by atoms with Crippen LogP contribution in [-0.4, -0.2) is 43.1 Å². The van der Waals surface area contributed by atoms with Crippen LogP contribution in [0.15, 0.2) is 69.5 Å². The summed E-state index contributed by atoms with van der Waals surface area (Å²) < 4.78 is 0. The summed E-state index contributed by atoms with van der Waals surface area (Å²) in [5.74, 6) is 5.53. The third-order valence-electron chi connectivity index (χ3n) is 4.84. The Labute approximate surface area is 162 Å². The number of hydrazone groups is 1. The minimum Gasteiger partial charge on any atom is -0.369 e. The van der Waals surface area contributed by atoms with Crippen LogP contribution in [0.1, 0.15) is 5.56 Å². The number of aliphatic imine (C=N–C) groups is 1. The molecular weight excluding hydrogens is 352 g/mol. The van der Waals surface area contributed by atoms with Crippen molar-refractivity contribution >= 4 is 34.2 Å². The van der Waals surface area contributed by atoms with Gasteiger partial charge in [0, 0.05) is 37.4 Å². The van der Waals surface area contributed by atoms with Crippen molar-refractivity contribution in [3.8, 4) is 0 Å². The average Bonchev–Trinajstić information content (AvgIpc) is 2.75. The molecule has 7 heteroatoms. The van der Waals surface area contributed by atoms with E-state index in [9.17, 15) is 4.79 Å². The van der Waals surface area contributed by atoms with Crippen molar-refractivity contribution in [3.05, 3.63) is 70.5 Å². The zero-order valence-corrected chi connectivity index (χ0v) is 15.4. The molecule has 0 spiro atoms. The van der Waals surface area contributed by atoms with Gasteiger partial charge in [-0.3, -0.25) is 9.79 Å². The quantitative estimate of drug-likeness (QED) is 0.369. The molecule has 2 aromatic carbocycles. The van der Waals surface area contributed by atoms with Gasteiger partial charge in [-0.25, -0.2) is 0 Å². The van der Waals surface area contributed by atoms with Crippen LogP contribution in [0.3, 0.4) is 0 Å². The SMILES string of the molecule is NN=C(C=Nc1ccc(N2CCNCC2)cc1)c1cc2ccccc2[nH]c1=O. The summed E-state index contributed by atoms with van der Waals surface area (Å²) in [4.78, 5) is 22.0. The number of H-pyrrole nitrogens is 1. The van der Waals surface area contributed by atoms with Crippen molar-refractivity contribution in [1.29, 1.82) is 0 Å². The first-order valence-electron chi connectivity index (χ1n) is 9.25. The smallest absolute Gasteiger partial charge is 0.258 e. The molecule has 0 bridgehead atoms. The summed E-state index contributed by atoms with van der Waals surface area (Å²) >= 11 is 0. The van der Waals surface area contributed by atoms with Crippen LogP contribution in [0.5, 0.6) is 0 Å². The minimum absolute atomic E-state index is 0.247. The molecule has 1 aliphatic heterocycles. The van der Waals surface area contributed by atoms with Crippen molar-refractivity contribution in [1.82, 2.24) is 10.3 Å².